The maximum atomic E-state index is 12.7. The lowest BCUT2D eigenvalue weighted by atomic mass is 10.1. The maximum Gasteiger partial charge on any atom is 0.240 e. The van der Waals surface area contributed by atoms with Crippen LogP contribution in [-0.2, 0) is 24.3 Å². The first-order valence-corrected chi connectivity index (χ1v) is 10.1. The molecule has 0 aliphatic carbocycles. The Kier molecular flexibility index (Phi) is 6.00. The summed E-state index contributed by atoms with van der Waals surface area (Å²) in [6.45, 7) is 0.668. The Morgan fingerprint density at radius 2 is 1.70 bits per heavy atom. The van der Waals surface area contributed by atoms with Gasteiger partial charge in [-0.2, -0.15) is 0 Å². The summed E-state index contributed by atoms with van der Waals surface area (Å²) in [6, 6.07) is 23.2. The smallest absolute Gasteiger partial charge is 0.240 e. The predicted octanol–water partition coefficient (Wildman–Crippen LogP) is 4.61. The molecular formula is C24H22ClN3O2. The second-order valence-corrected chi connectivity index (χ2v) is 7.47. The van der Waals surface area contributed by atoms with E-state index in [0.29, 0.717) is 18.0 Å². The van der Waals surface area contributed by atoms with Crippen LogP contribution < -0.4 is 10.1 Å². The number of amides is 1. The van der Waals surface area contributed by atoms with E-state index in [1.54, 1.807) is 7.11 Å². The zero-order valence-corrected chi connectivity index (χ0v) is 17.4. The fourth-order valence-electron chi connectivity index (χ4n) is 3.37. The van der Waals surface area contributed by atoms with Crippen LogP contribution >= 0.6 is 11.6 Å². The molecule has 4 rings (SSSR count). The van der Waals surface area contributed by atoms with Gasteiger partial charge in [0.15, 0.2) is 0 Å². The molecule has 0 saturated carbocycles. The zero-order valence-electron chi connectivity index (χ0n) is 16.6. The number of hydrogen-bond acceptors (Lipinski definition) is 3. The molecule has 6 heteroatoms. The molecule has 1 amide bonds. The maximum absolute atomic E-state index is 12.7. The number of carbonyl (C=O) groups excluding carboxylic acids is 1. The monoisotopic (exact) mass is 419 g/mol. The summed E-state index contributed by atoms with van der Waals surface area (Å²) < 4.78 is 7.15. The second kappa shape index (κ2) is 9.01. The molecule has 0 saturated heterocycles. The second-order valence-electron chi connectivity index (χ2n) is 7.03. The van der Waals surface area contributed by atoms with Crippen LogP contribution in [0, 0.1) is 0 Å². The summed E-state index contributed by atoms with van der Waals surface area (Å²) in [5.74, 6) is 1.58. The Labute approximate surface area is 180 Å². The lowest BCUT2D eigenvalue weighted by molar-refractivity contribution is -0.121. The number of ether oxygens (including phenoxy) is 1. The number of rotatable bonds is 7. The molecule has 0 bridgehead atoms. The molecule has 0 atom stereocenters. The molecule has 3 aromatic carbocycles. The number of imidazole rings is 1. The molecule has 5 nitrogen and oxygen atoms in total. The lowest BCUT2D eigenvalue weighted by Gasteiger charge is -2.11. The van der Waals surface area contributed by atoms with Crippen molar-refractivity contribution >= 4 is 28.5 Å². The molecule has 0 unspecified atom stereocenters. The van der Waals surface area contributed by atoms with Gasteiger partial charge in [0.25, 0.3) is 0 Å². The average Bonchev–Trinajstić information content (AvgIpc) is 3.11. The van der Waals surface area contributed by atoms with Crippen molar-refractivity contribution in [1.82, 2.24) is 14.9 Å². The van der Waals surface area contributed by atoms with Gasteiger partial charge in [0.1, 0.15) is 18.1 Å². The number of fused-ring (bicyclic) bond motifs is 1. The normalized spacial score (nSPS) is 10.9. The third-order valence-electron chi connectivity index (χ3n) is 4.96. The summed E-state index contributed by atoms with van der Waals surface area (Å²) in [6.07, 6.45) is 0.623. The van der Waals surface area contributed by atoms with Gasteiger partial charge in [-0.3, -0.25) is 4.79 Å². The molecule has 1 heterocycles. The molecule has 0 aliphatic heterocycles. The minimum Gasteiger partial charge on any atom is -0.497 e. The van der Waals surface area contributed by atoms with Crippen LogP contribution in [0.5, 0.6) is 5.75 Å². The number of carbonyl (C=O) groups is 1. The van der Waals surface area contributed by atoms with Crippen molar-refractivity contribution in [2.24, 2.45) is 0 Å². The molecule has 1 N–H and O–H groups in total. The number of nitrogens with zero attached hydrogens (tertiary/aromatic N) is 2. The van der Waals surface area contributed by atoms with Crippen molar-refractivity contribution in [3.8, 4) is 5.75 Å². The molecule has 1 aromatic heterocycles. The molecule has 4 aromatic rings. The Balaban J connectivity index is 1.51. The first-order valence-electron chi connectivity index (χ1n) is 9.70. The van der Waals surface area contributed by atoms with Crippen molar-refractivity contribution in [3.63, 3.8) is 0 Å². The van der Waals surface area contributed by atoms with Gasteiger partial charge < -0.3 is 14.6 Å². The highest BCUT2D eigenvalue weighted by atomic mass is 35.5. The minimum atomic E-state index is -0.0636. The fraction of sp³-hybridized carbons (Fsp3) is 0.167. The van der Waals surface area contributed by atoms with Gasteiger partial charge in [0.05, 0.1) is 18.1 Å². The van der Waals surface area contributed by atoms with Gasteiger partial charge in [-0.15, -0.1) is 0 Å². The largest absolute Gasteiger partial charge is 0.497 e. The zero-order chi connectivity index (χ0) is 20.9. The van der Waals surface area contributed by atoms with E-state index in [1.807, 2.05) is 77.4 Å². The Morgan fingerprint density at radius 1 is 1.00 bits per heavy atom. The van der Waals surface area contributed by atoms with Crippen LogP contribution in [0.3, 0.4) is 0 Å². The number of halogens is 1. The highest BCUT2D eigenvalue weighted by Gasteiger charge is 2.14. The minimum absolute atomic E-state index is 0.0636. The predicted molar refractivity (Wildman–Crippen MR) is 119 cm³/mol. The summed E-state index contributed by atoms with van der Waals surface area (Å²) in [4.78, 5) is 17.5. The Bertz CT molecular complexity index is 1150. The van der Waals surface area contributed by atoms with Crippen LogP contribution in [0.2, 0.25) is 5.02 Å². The topological polar surface area (TPSA) is 56.1 Å². The highest BCUT2D eigenvalue weighted by Crippen LogP contribution is 2.20. The van der Waals surface area contributed by atoms with E-state index in [2.05, 4.69) is 5.32 Å². The molecular weight excluding hydrogens is 398 g/mol. The highest BCUT2D eigenvalue weighted by molar-refractivity contribution is 6.30. The van der Waals surface area contributed by atoms with Crippen molar-refractivity contribution in [2.45, 2.75) is 19.5 Å². The van der Waals surface area contributed by atoms with Crippen LogP contribution in [0.25, 0.3) is 11.0 Å². The molecule has 0 spiro atoms. The SMILES string of the molecule is COc1ccc(CNC(=O)Cn2c(Cc3ccc(Cl)cc3)nc3ccccc32)cc1. The number of aromatic nitrogens is 2. The number of para-hydroxylation sites is 2. The lowest BCUT2D eigenvalue weighted by Crippen LogP contribution is -2.27. The quantitative estimate of drug-likeness (QED) is 0.476. The van der Waals surface area contributed by atoms with Gasteiger partial charge in [-0.25, -0.2) is 4.98 Å². The first kappa shape index (κ1) is 20.0. The van der Waals surface area contributed by atoms with E-state index in [4.69, 9.17) is 21.3 Å². The van der Waals surface area contributed by atoms with Crippen LogP contribution in [0.15, 0.2) is 72.8 Å². The number of hydrogen-bond donors (Lipinski definition) is 1. The van der Waals surface area contributed by atoms with E-state index >= 15 is 0 Å². The van der Waals surface area contributed by atoms with Gasteiger partial charge in [-0.1, -0.05) is 48.0 Å². The van der Waals surface area contributed by atoms with Crippen LogP contribution in [-0.4, -0.2) is 22.6 Å². The standard InChI is InChI=1S/C24H22ClN3O2/c1-30-20-12-8-18(9-13-20)15-26-24(29)16-28-22-5-3-2-4-21(22)27-23(28)14-17-6-10-19(25)11-7-17/h2-13H,14-16H2,1H3,(H,26,29). The van der Waals surface area contributed by atoms with E-state index < -0.39 is 0 Å². The number of benzene rings is 3. The summed E-state index contributed by atoms with van der Waals surface area (Å²) >= 11 is 6.00. The number of nitrogens with one attached hydrogen (secondary N) is 1. The molecule has 0 fully saturated rings. The van der Waals surface area contributed by atoms with Crippen molar-refractivity contribution in [1.29, 1.82) is 0 Å². The summed E-state index contributed by atoms with van der Waals surface area (Å²) in [5.41, 5.74) is 3.93. The van der Waals surface area contributed by atoms with Gasteiger partial charge in [-0.05, 0) is 47.5 Å². The average molecular weight is 420 g/mol. The summed E-state index contributed by atoms with van der Waals surface area (Å²) in [7, 11) is 1.63. The Hall–Kier alpha value is -3.31. The molecule has 152 valence electrons. The van der Waals surface area contributed by atoms with Crippen LogP contribution in [0.1, 0.15) is 17.0 Å². The van der Waals surface area contributed by atoms with Gasteiger partial charge in [0, 0.05) is 18.0 Å². The van der Waals surface area contributed by atoms with Crippen molar-refractivity contribution in [3.05, 3.63) is 94.8 Å². The van der Waals surface area contributed by atoms with Crippen molar-refractivity contribution in [2.75, 3.05) is 7.11 Å². The third kappa shape index (κ3) is 4.63. The van der Waals surface area contributed by atoms with E-state index in [0.717, 1.165) is 33.7 Å². The fourth-order valence-corrected chi connectivity index (χ4v) is 3.49. The molecule has 0 aliphatic rings. The van der Waals surface area contributed by atoms with E-state index in [-0.39, 0.29) is 12.5 Å². The third-order valence-corrected chi connectivity index (χ3v) is 5.21. The molecule has 30 heavy (non-hydrogen) atoms. The van der Waals surface area contributed by atoms with E-state index in [9.17, 15) is 4.79 Å². The first-order chi connectivity index (χ1) is 14.6. The Morgan fingerprint density at radius 3 is 2.43 bits per heavy atom. The van der Waals surface area contributed by atoms with Crippen molar-refractivity contribution < 1.29 is 9.53 Å². The van der Waals surface area contributed by atoms with Crippen LogP contribution in [0.4, 0.5) is 0 Å². The summed E-state index contributed by atoms with van der Waals surface area (Å²) in [5, 5.41) is 3.69. The van der Waals surface area contributed by atoms with E-state index in [1.165, 1.54) is 0 Å². The molecule has 0 radical (unpaired) electrons. The van der Waals surface area contributed by atoms with Gasteiger partial charge >= 0.3 is 0 Å². The number of methoxy groups -OCH3 is 1. The van der Waals surface area contributed by atoms with Gasteiger partial charge in [0.2, 0.25) is 5.91 Å².